The second-order valence-corrected chi connectivity index (χ2v) is 6.24. The van der Waals surface area contributed by atoms with Crippen LogP contribution in [0.25, 0.3) is 0 Å². The fourth-order valence-corrected chi connectivity index (χ4v) is 3.68. The Morgan fingerprint density at radius 3 is 2.75 bits per heavy atom. The molecule has 0 bridgehead atoms. The molecule has 1 aliphatic carbocycles. The average Bonchev–Trinajstić information content (AvgIpc) is 2.93. The van der Waals surface area contributed by atoms with Gasteiger partial charge in [-0.2, -0.15) is 0 Å². The smallest absolute Gasteiger partial charge is 0.104 e. The number of nitrogens with zero attached hydrogens (tertiary/aromatic N) is 1. The van der Waals surface area contributed by atoms with Crippen molar-refractivity contribution in [2.45, 2.75) is 44.7 Å². The summed E-state index contributed by atoms with van der Waals surface area (Å²) < 4.78 is 0. The monoisotopic (exact) mass is 293 g/mol. The van der Waals surface area contributed by atoms with Gasteiger partial charge in [-0.1, -0.05) is 31.1 Å². The van der Waals surface area contributed by atoms with E-state index in [9.17, 15) is 5.11 Å². The molecule has 1 heterocycles. The molecule has 2 N–H and O–H groups in total. The number of aliphatic hydroxyl groups is 2. The molecular weight excluding hydrogens is 270 g/mol. The van der Waals surface area contributed by atoms with Gasteiger partial charge in [-0.25, -0.2) is 0 Å². The van der Waals surface area contributed by atoms with Gasteiger partial charge in [0.05, 0.1) is 6.61 Å². The lowest BCUT2D eigenvalue weighted by atomic mass is 9.94. The highest BCUT2D eigenvalue weighted by atomic mass is 32.1. The molecule has 0 amide bonds. The molecule has 1 aliphatic rings. The second-order valence-electron chi connectivity index (χ2n) is 5.25. The van der Waals surface area contributed by atoms with Crippen molar-refractivity contribution in [2.75, 3.05) is 19.8 Å². The van der Waals surface area contributed by atoms with Crippen molar-refractivity contribution in [3.63, 3.8) is 0 Å². The average molecular weight is 293 g/mol. The Morgan fingerprint density at radius 1 is 1.25 bits per heavy atom. The third-order valence-corrected chi connectivity index (χ3v) is 4.72. The van der Waals surface area contributed by atoms with Gasteiger partial charge in [0.2, 0.25) is 0 Å². The van der Waals surface area contributed by atoms with Gasteiger partial charge in [0.25, 0.3) is 0 Å². The van der Waals surface area contributed by atoms with Gasteiger partial charge < -0.3 is 10.2 Å². The lowest BCUT2D eigenvalue weighted by Crippen LogP contribution is -2.38. The van der Waals surface area contributed by atoms with E-state index in [-0.39, 0.29) is 13.2 Å². The Morgan fingerprint density at radius 2 is 2.05 bits per heavy atom. The molecule has 20 heavy (non-hydrogen) atoms. The van der Waals surface area contributed by atoms with Crippen LogP contribution in [0, 0.1) is 11.8 Å². The number of aliphatic hydroxyl groups excluding tert-OH is 2. The molecule has 0 saturated heterocycles. The predicted octanol–water partition coefficient (Wildman–Crippen LogP) is 2.22. The fraction of sp³-hybridized carbons (Fsp3) is 0.625. The quantitative estimate of drug-likeness (QED) is 0.818. The SMILES string of the molecule is OCC#Cc1csc(CN(CCO)C2CCCCC2)c1. The van der Waals surface area contributed by atoms with E-state index in [0.717, 1.165) is 18.7 Å². The highest BCUT2D eigenvalue weighted by Crippen LogP contribution is 2.25. The van der Waals surface area contributed by atoms with Crippen molar-refractivity contribution in [3.8, 4) is 11.8 Å². The van der Waals surface area contributed by atoms with Crippen molar-refractivity contribution in [1.29, 1.82) is 0 Å². The van der Waals surface area contributed by atoms with E-state index in [4.69, 9.17) is 5.11 Å². The normalized spacial score (nSPS) is 16.1. The highest BCUT2D eigenvalue weighted by molar-refractivity contribution is 7.10. The Labute approximate surface area is 125 Å². The minimum atomic E-state index is -0.0934. The molecule has 0 unspecified atom stereocenters. The summed E-state index contributed by atoms with van der Waals surface area (Å²) in [4.78, 5) is 3.69. The second kappa shape index (κ2) is 8.43. The Balaban J connectivity index is 1.97. The van der Waals surface area contributed by atoms with Gasteiger partial charge in [-0.05, 0) is 18.9 Å². The largest absolute Gasteiger partial charge is 0.395 e. The number of hydrogen-bond acceptors (Lipinski definition) is 4. The van der Waals surface area contributed by atoms with Crippen LogP contribution in [-0.2, 0) is 6.54 Å². The zero-order valence-corrected chi connectivity index (χ0v) is 12.7. The first-order chi connectivity index (χ1) is 9.83. The Bertz CT molecular complexity index is 455. The van der Waals surface area contributed by atoms with Crippen molar-refractivity contribution < 1.29 is 10.2 Å². The zero-order chi connectivity index (χ0) is 14.2. The van der Waals surface area contributed by atoms with Crippen LogP contribution in [0.15, 0.2) is 11.4 Å². The lowest BCUT2D eigenvalue weighted by Gasteiger charge is -2.33. The van der Waals surface area contributed by atoms with E-state index >= 15 is 0 Å². The molecule has 4 heteroatoms. The molecule has 3 nitrogen and oxygen atoms in total. The lowest BCUT2D eigenvalue weighted by molar-refractivity contribution is 0.118. The zero-order valence-electron chi connectivity index (χ0n) is 11.8. The summed E-state index contributed by atoms with van der Waals surface area (Å²) in [6.07, 6.45) is 6.48. The summed E-state index contributed by atoms with van der Waals surface area (Å²) in [7, 11) is 0. The predicted molar refractivity (Wildman–Crippen MR) is 82.7 cm³/mol. The van der Waals surface area contributed by atoms with Crippen molar-refractivity contribution in [2.24, 2.45) is 0 Å². The van der Waals surface area contributed by atoms with Crippen LogP contribution in [0.4, 0.5) is 0 Å². The summed E-state index contributed by atoms with van der Waals surface area (Å²) in [6.45, 7) is 1.78. The number of rotatable bonds is 5. The van der Waals surface area contributed by atoms with Crippen LogP contribution >= 0.6 is 11.3 Å². The first-order valence-electron chi connectivity index (χ1n) is 7.35. The van der Waals surface area contributed by atoms with E-state index in [1.54, 1.807) is 11.3 Å². The summed E-state index contributed by atoms with van der Waals surface area (Å²) in [5.74, 6) is 5.62. The molecule has 0 atom stereocenters. The first kappa shape index (κ1) is 15.5. The minimum Gasteiger partial charge on any atom is -0.395 e. The molecule has 0 radical (unpaired) electrons. The molecular formula is C16H23NO2S. The van der Waals surface area contributed by atoms with Gasteiger partial charge >= 0.3 is 0 Å². The maximum atomic E-state index is 9.28. The van der Waals surface area contributed by atoms with Crippen LogP contribution in [-0.4, -0.2) is 40.9 Å². The van der Waals surface area contributed by atoms with E-state index in [0.29, 0.717) is 6.04 Å². The highest BCUT2D eigenvalue weighted by Gasteiger charge is 2.21. The number of hydrogen-bond donors (Lipinski definition) is 2. The van der Waals surface area contributed by atoms with Crippen molar-refractivity contribution in [1.82, 2.24) is 4.90 Å². The summed E-state index contributed by atoms with van der Waals surface area (Å²) in [5.41, 5.74) is 0.978. The van der Waals surface area contributed by atoms with Gasteiger partial charge in [0.15, 0.2) is 0 Å². The van der Waals surface area contributed by atoms with E-state index in [1.165, 1.54) is 37.0 Å². The third-order valence-electron chi connectivity index (χ3n) is 3.80. The molecule has 1 aromatic heterocycles. The van der Waals surface area contributed by atoms with E-state index in [2.05, 4.69) is 22.8 Å². The van der Waals surface area contributed by atoms with Crippen molar-refractivity contribution in [3.05, 3.63) is 21.9 Å². The minimum absolute atomic E-state index is 0.0934. The molecule has 0 aromatic carbocycles. The molecule has 1 fully saturated rings. The van der Waals surface area contributed by atoms with Crippen molar-refractivity contribution >= 4 is 11.3 Å². The molecule has 0 spiro atoms. The van der Waals surface area contributed by atoms with Crippen LogP contribution in [0.3, 0.4) is 0 Å². The summed E-state index contributed by atoms with van der Waals surface area (Å²) in [5, 5.41) is 20.0. The maximum absolute atomic E-state index is 9.28. The first-order valence-corrected chi connectivity index (χ1v) is 8.23. The van der Waals surface area contributed by atoms with Crippen LogP contribution in [0.5, 0.6) is 0 Å². The molecule has 2 rings (SSSR count). The van der Waals surface area contributed by atoms with Crippen LogP contribution in [0.2, 0.25) is 0 Å². The van der Waals surface area contributed by atoms with Gasteiger partial charge in [-0.15, -0.1) is 11.3 Å². The topological polar surface area (TPSA) is 43.7 Å². The Hall–Kier alpha value is -0.860. The summed E-state index contributed by atoms with van der Waals surface area (Å²) >= 11 is 1.71. The number of thiophene rings is 1. The van der Waals surface area contributed by atoms with Crippen LogP contribution in [0.1, 0.15) is 42.5 Å². The van der Waals surface area contributed by atoms with Gasteiger partial charge in [0, 0.05) is 35.0 Å². The van der Waals surface area contributed by atoms with E-state index < -0.39 is 0 Å². The summed E-state index contributed by atoms with van der Waals surface area (Å²) in [6, 6.07) is 2.71. The Kier molecular flexibility index (Phi) is 6.55. The molecule has 1 saturated carbocycles. The maximum Gasteiger partial charge on any atom is 0.104 e. The van der Waals surface area contributed by atoms with Crippen LogP contribution < -0.4 is 0 Å². The van der Waals surface area contributed by atoms with Gasteiger partial charge in [-0.3, -0.25) is 4.90 Å². The molecule has 110 valence electrons. The van der Waals surface area contributed by atoms with Gasteiger partial charge in [0.1, 0.15) is 6.61 Å². The third kappa shape index (κ3) is 4.60. The molecule has 1 aromatic rings. The fourth-order valence-electron chi connectivity index (χ4n) is 2.84. The van der Waals surface area contributed by atoms with E-state index in [1.807, 2.05) is 5.38 Å². The molecule has 0 aliphatic heterocycles. The standard InChI is InChI=1S/C16H23NO2S/c18-9-4-5-14-11-16(20-13-14)12-17(8-10-19)15-6-2-1-3-7-15/h11,13,15,18-19H,1-3,6-10,12H2.